The lowest BCUT2D eigenvalue weighted by Gasteiger charge is -2.19. The fourth-order valence-corrected chi connectivity index (χ4v) is 4.11. The predicted octanol–water partition coefficient (Wildman–Crippen LogP) is 3.59. The van der Waals surface area contributed by atoms with E-state index in [1.165, 1.54) is 29.0 Å². The molecule has 4 rings (SSSR count). The summed E-state index contributed by atoms with van der Waals surface area (Å²) in [5.74, 6) is -3.30. The van der Waals surface area contributed by atoms with Gasteiger partial charge in [-0.3, -0.25) is 19.0 Å². The van der Waals surface area contributed by atoms with Gasteiger partial charge in [-0.05, 0) is 55.3 Å². The highest BCUT2D eigenvalue weighted by Crippen LogP contribution is 2.34. The first-order valence-electron chi connectivity index (χ1n) is 10.3. The van der Waals surface area contributed by atoms with Gasteiger partial charge in [0.1, 0.15) is 5.82 Å². The molecule has 0 spiro atoms. The van der Waals surface area contributed by atoms with Crippen molar-refractivity contribution in [3.63, 3.8) is 0 Å². The lowest BCUT2D eigenvalue weighted by Crippen LogP contribution is -2.33. The van der Waals surface area contributed by atoms with E-state index in [1.807, 2.05) is 0 Å². The lowest BCUT2D eigenvalue weighted by molar-refractivity contribution is -0.128. The summed E-state index contributed by atoms with van der Waals surface area (Å²) in [6.07, 6.45) is 0.900. The number of carbonyl (C=O) groups excluding carboxylic acids is 2. The van der Waals surface area contributed by atoms with E-state index in [4.69, 9.17) is 11.6 Å². The lowest BCUT2D eigenvalue weighted by atomic mass is 9.94. The maximum Gasteiger partial charge on any atom is 0.255 e. The van der Waals surface area contributed by atoms with E-state index in [1.54, 1.807) is 36.4 Å². The predicted molar refractivity (Wildman–Crippen MR) is 123 cm³/mol. The van der Waals surface area contributed by atoms with Crippen molar-refractivity contribution >= 4 is 34.8 Å². The van der Waals surface area contributed by atoms with Gasteiger partial charge in [-0.15, -0.1) is 0 Å². The molecule has 0 bridgehead atoms. The molecule has 1 aliphatic carbocycles. The number of hydrogen-bond donors (Lipinski definition) is 3. The maximum absolute atomic E-state index is 14.7. The Morgan fingerprint density at radius 1 is 0.970 bits per heavy atom. The highest BCUT2D eigenvalue weighted by molar-refractivity contribution is 6.30. The van der Waals surface area contributed by atoms with E-state index in [0.29, 0.717) is 16.4 Å². The summed E-state index contributed by atoms with van der Waals surface area (Å²) in [5, 5.41) is 15.9. The molecule has 0 aliphatic heterocycles. The number of halogens is 2. The molecular formula is C24H21ClFN3O4. The van der Waals surface area contributed by atoms with Gasteiger partial charge >= 0.3 is 0 Å². The van der Waals surface area contributed by atoms with Gasteiger partial charge in [0.2, 0.25) is 11.8 Å². The van der Waals surface area contributed by atoms with Gasteiger partial charge in [0.25, 0.3) is 5.56 Å². The summed E-state index contributed by atoms with van der Waals surface area (Å²) < 4.78 is 16.0. The highest BCUT2D eigenvalue weighted by Gasteiger charge is 2.42. The van der Waals surface area contributed by atoms with Gasteiger partial charge in [-0.2, -0.15) is 0 Å². The van der Waals surface area contributed by atoms with Crippen molar-refractivity contribution in [2.24, 2.45) is 11.8 Å². The fraction of sp³-hybridized carbons (Fsp3) is 0.208. The number of pyridine rings is 1. The van der Waals surface area contributed by atoms with Crippen molar-refractivity contribution in [2.45, 2.75) is 18.9 Å². The van der Waals surface area contributed by atoms with Crippen molar-refractivity contribution in [3.05, 3.63) is 88.1 Å². The fourth-order valence-electron chi connectivity index (χ4n) is 3.98. The second-order valence-electron chi connectivity index (χ2n) is 7.90. The molecule has 7 nitrogen and oxygen atoms in total. The molecule has 9 heteroatoms. The third kappa shape index (κ3) is 5.13. The largest absolute Gasteiger partial charge is 0.393 e. The quantitative estimate of drug-likeness (QED) is 0.531. The summed E-state index contributed by atoms with van der Waals surface area (Å²) in [7, 11) is 0. The number of nitrogens with one attached hydrogen (secondary N) is 2. The molecule has 1 aliphatic rings. The molecule has 3 atom stereocenters. The SMILES string of the molecule is O=C(Nc1ccc(Cl)cc1)[C@H]1CC(O)C[C@H]1C(=O)Nc1ccc(-n2ccccc2=O)cc1F. The number of nitrogens with zero attached hydrogens (tertiary/aromatic N) is 1. The van der Waals surface area contributed by atoms with Crippen molar-refractivity contribution in [2.75, 3.05) is 10.6 Å². The van der Waals surface area contributed by atoms with Crippen LogP contribution in [0.4, 0.5) is 15.8 Å². The average molecular weight is 470 g/mol. The van der Waals surface area contributed by atoms with Crippen molar-refractivity contribution in [3.8, 4) is 5.69 Å². The minimum absolute atomic E-state index is 0.0778. The third-order valence-corrected chi connectivity index (χ3v) is 5.89. The van der Waals surface area contributed by atoms with E-state index < -0.39 is 35.6 Å². The summed E-state index contributed by atoms with van der Waals surface area (Å²) in [6.45, 7) is 0. The summed E-state index contributed by atoms with van der Waals surface area (Å²) >= 11 is 5.86. The number of anilines is 2. The van der Waals surface area contributed by atoms with E-state index in [9.17, 15) is 23.9 Å². The van der Waals surface area contributed by atoms with Crippen LogP contribution in [0.1, 0.15) is 12.8 Å². The molecule has 1 saturated carbocycles. The molecule has 2 aromatic carbocycles. The molecule has 3 N–H and O–H groups in total. The van der Waals surface area contributed by atoms with Crippen LogP contribution in [0.25, 0.3) is 5.69 Å². The second kappa shape index (κ2) is 9.56. The average Bonchev–Trinajstić information content (AvgIpc) is 3.19. The van der Waals surface area contributed by atoms with E-state index in [2.05, 4.69) is 10.6 Å². The van der Waals surface area contributed by atoms with Crippen LogP contribution in [0.5, 0.6) is 0 Å². The molecule has 33 heavy (non-hydrogen) atoms. The first-order valence-corrected chi connectivity index (χ1v) is 10.7. The monoisotopic (exact) mass is 469 g/mol. The third-order valence-electron chi connectivity index (χ3n) is 5.63. The molecule has 1 aromatic heterocycles. The Balaban J connectivity index is 1.48. The molecular weight excluding hydrogens is 449 g/mol. The van der Waals surface area contributed by atoms with E-state index in [-0.39, 0.29) is 24.1 Å². The molecule has 170 valence electrons. The van der Waals surface area contributed by atoms with Gasteiger partial charge < -0.3 is 15.7 Å². The Bertz CT molecular complexity index is 1240. The normalized spacial score (nSPS) is 19.8. The van der Waals surface area contributed by atoms with Crippen LogP contribution in [-0.2, 0) is 9.59 Å². The number of aliphatic hydroxyl groups is 1. The maximum atomic E-state index is 14.7. The molecule has 3 aromatic rings. The summed E-state index contributed by atoms with van der Waals surface area (Å²) in [4.78, 5) is 37.6. The van der Waals surface area contributed by atoms with Crippen LogP contribution in [0.15, 0.2) is 71.7 Å². The molecule has 1 heterocycles. The van der Waals surface area contributed by atoms with E-state index >= 15 is 0 Å². The van der Waals surface area contributed by atoms with Crippen LogP contribution < -0.4 is 16.2 Å². The first kappa shape index (κ1) is 22.7. The molecule has 0 saturated heterocycles. The van der Waals surface area contributed by atoms with Crippen molar-refractivity contribution in [1.29, 1.82) is 0 Å². The molecule has 1 fully saturated rings. The molecule has 0 radical (unpaired) electrons. The number of hydrogen-bond acceptors (Lipinski definition) is 4. The van der Waals surface area contributed by atoms with Gasteiger partial charge in [0.05, 0.1) is 29.3 Å². The van der Waals surface area contributed by atoms with Gasteiger partial charge in [0, 0.05) is 29.0 Å². The topological polar surface area (TPSA) is 100 Å². The number of amides is 2. The van der Waals surface area contributed by atoms with E-state index in [0.717, 1.165) is 6.07 Å². The molecule has 2 amide bonds. The Labute approximate surface area is 193 Å². The standard InChI is InChI=1S/C24H21ClFN3O4/c25-14-4-6-15(7-5-14)27-23(32)18-12-17(30)13-19(18)24(33)28-21-9-8-16(11-20(21)26)29-10-2-1-3-22(29)31/h1-11,17-19,30H,12-13H2,(H,27,32)(H,28,33)/t17?,18-,19+/m0/s1. The Morgan fingerprint density at radius 2 is 1.64 bits per heavy atom. The number of carbonyl (C=O) groups is 2. The zero-order chi connectivity index (χ0) is 23.5. The van der Waals surface area contributed by atoms with Crippen LogP contribution in [0, 0.1) is 17.7 Å². The zero-order valence-corrected chi connectivity index (χ0v) is 18.1. The number of aromatic nitrogens is 1. The first-order chi connectivity index (χ1) is 15.8. The Hall–Kier alpha value is -3.49. The summed E-state index contributed by atoms with van der Waals surface area (Å²) in [6, 6.07) is 15.1. The van der Waals surface area contributed by atoms with Gasteiger partial charge in [-0.25, -0.2) is 4.39 Å². The van der Waals surface area contributed by atoms with Crippen LogP contribution in [0.2, 0.25) is 5.02 Å². The molecule has 1 unspecified atom stereocenters. The second-order valence-corrected chi connectivity index (χ2v) is 8.33. The Morgan fingerprint density at radius 3 is 2.27 bits per heavy atom. The zero-order valence-electron chi connectivity index (χ0n) is 17.4. The van der Waals surface area contributed by atoms with Crippen LogP contribution >= 0.6 is 11.6 Å². The van der Waals surface area contributed by atoms with Gasteiger partial charge in [0.15, 0.2) is 0 Å². The van der Waals surface area contributed by atoms with Crippen molar-refractivity contribution < 1.29 is 19.1 Å². The number of benzene rings is 2. The minimum Gasteiger partial charge on any atom is -0.393 e. The number of aliphatic hydroxyl groups excluding tert-OH is 1. The minimum atomic E-state index is -0.830. The Kier molecular flexibility index (Phi) is 6.57. The highest BCUT2D eigenvalue weighted by atomic mass is 35.5. The van der Waals surface area contributed by atoms with Crippen LogP contribution in [0.3, 0.4) is 0 Å². The number of rotatable bonds is 5. The smallest absolute Gasteiger partial charge is 0.255 e. The van der Waals surface area contributed by atoms with Crippen LogP contribution in [-0.4, -0.2) is 27.6 Å². The van der Waals surface area contributed by atoms with Gasteiger partial charge in [-0.1, -0.05) is 17.7 Å². The summed E-state index contributed by atoms with van der Waals surface area (Å²) in [5.41, 5.74) is 0.435. The van der Waals surface area contributed by atoms with Crippen molar-refractivity contribution in [1.82, 2.24) is 4.57 Å².